The van der Waals surface area contributed by atoms with E-state index in [9.17, 15) is 10.2 Å². The normalized spacial score (nSPS) is 27.3. The van der Waals surface area contributed by atoms with Gasteiger partial charge in [0.05, 0.1) is 13.2 Å². The Kier molecular flexibility index (Phi) is 3.49. The van der Waals surface area contributed by atoms with Gasteiger partial charge in [-0.05, 0) is 25.0 Å². The van der Waals surface area contributed by atoms with Gasteiger partial charge in [-0.2, -0.15) is 0 Å². The first-order valence-electron chi connectivity index (χ1n) is 5.72. The molecule has 0 unspecified atom stereocenters. The second-order valence-electron chi connectivity index (χ2n) is 4.63. The first kappa shape index (κ1) is 12.5. The fourth-order valence-electron chi connectivity index (χ4n) is 2.19. The number of ether oxygens (including phenoxy) is 2. The highest BCUT2D eigenvalue weighted by atomic mass is 16.8. The number of aliphatic hydroxyl groups excluding tert-OH is 2. The zero-order chi connectivity index (χ0) is 12.5. The molecule has 1 aromatic rings. The van der Waals surface area contributed by atoms with Crippen LogP contribution in [0, 0.1) is 0 Å². The molecule has 1 aromatic carbocycles. The van der Waals surface area contributed by atoms with Crippen LogP contribution in [0.4, 0.5) is 0 Å². The van der Waals surface area contributed by atoms with Crippen LogP contribution >= 0.6 is 0 Å². The van der Waals surface area contributed by atoms with E-state index in [1.54, 1.807) is 0 Å². The molecule has 1 fully saturated rings. The molecular weight excluding hydrogens is 220 g/mol. The number of hydrogen-bond donors (Lipinski definition) is 2. The van der Waals surface area contributed by atoms with E-state index in [4.69, 9.17) is 9.47 Å². The monoisotopic (exact) mass is 238 g/mol. The molecule has 0 amide bonds. The van der Waals surface area contributed by atoms with Gasteiger partial charge in [0, 0.05) is 0 Å². The van der Waals surface area contributed by atoms with Crippen molar-refractivity contribution in [1.29, 1.82) is 0 Å². The molecule has 4 heteroatoms. The zero-order valence-corrected chi connectivity index (χ0v) is 10.1. The summed E-state index contributed by atoms with van der Waals surface area (Å²) in [6, 6.07) is 7.49. The topological polar surface area (TPSA) is 58.9 Å². The van der Waals surface area contributed by atoms with Crippen LogP contribution in [0.5, 0.6) is 0 Å². The Morgan fingerprint density at radius 1 is 1.18 bits per heavy atom. The zero-order valence-electron chi connectivity index (χ0n) is 10.1. The van der Waals surface area contributed by atoms with Crippen molar-refractivity contribution in [2.75, 3.05) is 6.61 Å². The summed E-state index contributed by atoms with van der Waals surface area (Å²) in [4.78, 5) is 0. The van der Waals surface area contributed by atoms with Crippen LogP contribution in [0.15, 0.2) is 24.3 Å². The number of rotatable bonds is 3. The fraction of sp³-hybridized carbons (Fsp3) is 0.538. The van der Waals surface area contributed by atoms with Crippen molar-refractivity contribution in [2.24, 2.45) is 0 Å². The van der Waals surface area contributed by atoms with E-state index in [-0.39, 0.29) is 19.3 Å². The molecule has 1 aliphatic rings. The van der Waals surface area contributed by atoms with Gasteiger partial charge in [-0.3, -0.25) is 0 Å². The number of aliphatic hydroxyl groups is 2. The van der Waals surface area contributed by atoms with Gasteiger partial charge in [0.1, 0.15) is 12.2 Å². The van der Waals surface area contributed by atoms with E-state index in [1.165, 1.54) is 0 Å². The molecule has 0 aromatic heterocycles. The molecule has 0 aliphatic carbocycles. The van der Waals surface area contributed by atoms with E-state index in [1.807, 2.05) is 38.1 Å². The average Bonchev–Trinajstić information content (AvgIpc) is 2.64. The minimum absolute atomic E-state index is 0.0470. The highest BCUT2D eigenvalue weighted by molar-refractivity contribution is 5.30. The van der Waals surface area contributed by atoms with Crippen LogP contribution in [0.2, 0.25) is 0 Å². The van der Waals surface area contributed by atoms with Gasteiger partial charge >= 0.3 is 0 Å². The molecule has 0 spiro atoms. The van der Waals surface area contributed by atoms with Crippen LogP contribution < -0.4 is 0 Å². The van der Waals surface area contributed by atoms with Gasteiger partial charge in [-0.15, -0.1) is 0 Å². The molecule has 17 heavy (non-hydrogen) atoms. The second-order valence-corrected chi connectivity index (χ2v) is 4.63. The maximum atomic E-state index is 9.33. The van der Waals surface area contributed by atoms with E-state index >= 15 is 0 Å². The van der Waals surface area contributed by atoms with E-state index in [2.05, 4.69) is 0 Å². The summed E-state index contributed by atoms with van der Waals surface area (Å²) in [5.41, 5.74) is 1.68. The predicted octanol–water partition coefficient (Wildman–Crippen LogP) is 1.36. The van der Waals surface area contributed by atoms with E-state index in [0.717, 1.165) is 11.1 Å². The molecule has 2 rings (SSSR count). The summed E-state index contributed by atoms with van der Waals surface area (Å²) in [6.07, 6.45) is -0.726. The van der Waals surface area contributed by atoms with Gasteiger partial charge in [-0.25, -0.2) is 0 Å². The van der Waals surface area contributed by atoms with Crippen LogP contribution in [-0.2, 0) is 16.1 Å². The van der Waals surface area contributed by atoms with Crippen molar-refractivity contribution >= 4 is 0 Å². The summed E-state index contributed by atoms with van der Waals surface area (Å²) >= 11 is 0. The lowest BCUT2D eigenvalue weighted by Crippen LogP contribution is -2.23. The molecule has 2 atom stereocenters. The lowest BCUT2D eigenvalue weighted by molar-refractivity contribution is -0.149. The highest BCUT2D eigenvalue weighted by Crippen LogP contribution is 2.39. The Labute approximate surface area is 101 Å². The average molecular weight is 238 g/mol. The lowest BCUT2D eigenvalue weighted by atomic mass is 9.99. The SMILES string of the molecule is CC1(C)O[C@@H](CO)[C@@H](c2ccccc2CO)O1. The Hall–Kier alpha value is -0.940. The fourth-order valence-corrected chi connectivity index (χ4v) is 2.19. The number of hydrogen-bond acceptors (Lipinski definition) is 4. The van der Waals surface area contributed by atoms with Gasteiger partial charge < -0.3 is 19.7 Å². The molecule has 0 radical (unpaired) electrons. The molecular formula is C13H18O4. The standard InChI is InChI=1S/C13H18O4/c1-13(2)16-11(8-15)12(17-13)10-6-4-3-5-9(10)7-14/h3-6,11-12,14-15H,7-8H2,1-2H3/t11-,12+/m0/s1. The minimum Gasteiger partial charge on any atom is -0.394 e. The summed E-state index contributed by atoms with van der Waals surface area (Å²) in [7, 11) is 0. The molecule has 94 valence electrons. The molecule has 0 saturated carbocycles. The largest absolute Gasteiger partial charge is 0.394 e. The van der Waals surface area contributed by atoms with Crippen LogP contribution in [0.1, 0.15) is 31.1 Å². The van der Waals surface area contributed by atoms with E-state index < -0.39 is 11.9 Å². The molecule has 1 heterocycles. The maximum absolute atomic E-state index is 9.33. The molecule has 2 N–H and O–H groups in total. The summed E-state index contributed by atoms with van der Waals surface area (Å²) in [5.74, 6) is -0.708. The van der Waals surface area contributed by atoms with Crippen LogP contribution in [0.25, 0.3) is 0 Å². The minimum atomic E-state index is -0.708. The Morgan fingerprint density at radius 3 is 2.53 bits per heavy atom. The molecule has 0 bridgehead atoms. The van der Waals surface area contributed by atoms with Crippen molar-refractivity contribution in [3.63, 3.8) is 0 Å². The third-order valence-electron chi connectivity index (χ3n) is 2.90. The highest BCUT2D eigenvalue weighted by Gasteiger charge is 2.42. The maximum Gasteiger partial charge on any atom is 0.164 e. The Balaban J connectivity index is 2.32. The Morgan fingerprint density at radius 2 is 1.88 bits per heavy atom. The molecule has 1 saturated heterocycles. The van der Waals surface area contributed by atoms with Crippen molar-refractivity contribution in [3.05, 3.63) is 35.4 Å². The van der Waals surface area contributed by atoms with Crippen molar-refractivity contribution in [3.8, 4) is 0 Å². The second kappa shape index (κ2) is 4.74. The molecule has 4 nitrogen and oxygen atoms in total. The first-order valence-corrected chi connectivity index (χ1v) is 5.72. The van der Waals surface area contributed by atoms with E-state index in [0.29, 0.717) is 0 Å². The van der Waals surface area contributed by atoms with Gasteiger partial charge in [0.25, 0.3) is 0 Å². The predicted molar refractivity (Wildman–Crippen MR) is 62.2 cm³/mol. The summed E-state index contributed by atoms with van der Waals surface area (Å²) in [6.45, 7) is 3.48. The first-order chi connectivity index (χ1) is 8.07. The smallest absolute Gasteiger partial charge is 0.164 e. The quantitative estimate of drug-likeness (QED) is 0.835. The third-order valence-corrected chi connectivity index (χ3v) is 2.90. The molecule has 1 aliphatic heterocycles. The Bertz CT molecular complexity index is 389. The lowest BCUT2D eigenvalue weighted by Gasteiger charge is -2.18. The summed E-state index contributed by atoms with van der Waals surface area (Å²) < 4.78 is 11.4. The van der Waals surface area contributed by atoms with Gasteiger partial charge in [-0.1, -0.05) is 24.3 Å². The van der Waals surface area contributed by atoms with Gasteiger partial charge in [0.15, 0.2) is 5.79 Å². The van der Waals surface area contributed by atoms with Gasteiger partial charge in [0.2, 0.25) is 0 Å². The van der Waals surface area contributed by atoms with Crippen molar-refractivity contribution in [2.45, 2.75) is 38.4 Å². The number of benzene rings is 1. The summed E-state index contributed by atoms with van der Waals surface area (Å²) in [5, 5.41) is 18.6. The van der Waals surface area contributed by atoms with Crippen LogP contribution in [-0.4, -0.2) is 28.7 Å². The van der Waals surface area contributed by atoms with Crippen molar-refractivity contribution in [1.82, 2.24) is 0 Å². The van der Waals surface area contributed by atoms with Crippen LogP contribution in [0.3, 0.4) is 0 Å². The third kappa shape index (κ3) is 2.50. The van der Waals surface area contributed by atoms with Crippen molar-refractivity contribution < 1.29 is 19.7 Å².